The number of aliphatic hydroxyl groups excluding tert-OH is 1. The van der Waals surface area contributed by atoms with Crippen molar-refractivity contribution in [1.82, 2.24) is 15.0 Å². The van der Waals surface area contributed by atoms with Crippen molar-refractivity contribution >= 4 is 5.97 Å². The zero-order valence-corrected chi connectivity index (χ0v) is 9.80. The first-order chi connectivity index (χ1) is 8.20. The fraction of sp³-hybridized carbons (Fsp3) is 0.700. The normalized spacial score (nSPS) is 10.7. The number of aliphatic hydroxyl groups is 1. The van der Waals surface area contributed by atoms with E-state index >= 15 is 0 Å². The smallest absolute Gasteiger partial charge is 0.358 e. The van der Waals surface area contributed by atoms with Crippen LogP contribution in [0.5, 0.6) is 0 Å². The Labute approximate surface area is 99.0 Å². The lowest BCUT2D eigenvalue weighted by atomic mass is 10.2. The van der Waals surface area contributed by atoms with E-state index in [0.717, 1.165) is 6.42 Å². The highest BCUT2D eigenvalue weighted by Gasteiger charge is 2.17. The molecule has 2 N–H and O–H groups in total. The van der Waals surface area contributed by atoms with Crippen LogP contribution < -0.4 is 0 Å². The summed E-state index contributed by atoms with van der Waals surface area (Å²) in [5.41, 5.74) is 0.626. The molecule has 1 heterocycles. The van der Waals surface area contributed by atoms with E-state index in [9.17, 15) is 4.79 Å². The standard InChI is InChI=1S/C10H17N3O4/c1-2-3-8-9(10(15)16)11-12-13(8)4-6-17-7-5-14/h14H,2-7H2,1H3,(H,15,16). The molecule has 0 aliphatic heterocycles. The molecule has 0 amide bonds. The van der Waals surface area contributed by atoms with Crippen molar-refractivity contribution in [2.24, 2.45) is 0 Å². The van der Waals surface area contributed by atoms with Crippen LogP contribution in [0.4, 0.5) is 0 Å². The minimum absolute atomic E-state index is 0.00834. The SMILES string of the molecule is CCCc1c(C(=O)O)nnn1CCOCCO. The molecular weight excluding hydrogens is 226 g/mol. The van der Waals surface area contributed by atoms with Gasteiger partial charge in [-0.2, -0.15) is 0 Å². The largest absolute Gasteiger partial charge is 0.476 e. The lowest BCUT2D eigenvalue weighted by molar-refractivity contribution is 0.0688. The number of nitrogens with zero attached hydrogens (tertiary/aromatic N) is 3. The monoisotopic (exact) mass is 243 g/mol. The lowest BCUT2D eigenvalue weighted by Crippen LogP contribution is -2.13. The van der Waals surface area contributed by atoms with E-state index < -0.39 is 5.97 Å². The van der Waals surface area contributed by atoms with Gasteiger partial charge in [0.1, 0.15) is 0 Å². The van der Waals surface area contributed by atoms with E-state index in [1.807, 2.05) is 6.92 Å². The predicted octanol–water partition coefficient (Wildman–Crippen LogP) is -0.0623. The lowest BCUT2D eigenvalue weighted by Gasteiger charge is -2.06. The molecular formula is C10H17N3O4. The maximum absolute atomic E-state index is 10.9. The Bertz CT molecular complexity index is 364. The van der Waals surface area contributed by atoms with Crippen molar-refractivity contribution in [3.05, 3.63) is 11.4 Å². The molecule has 0 bridgehead atoms. The van der Waals surface area contributed by atoms with Crippen LogP contribution in [0.25, 0.3) is 0 Å². The predicted molar refractivity (Wildman–Crippen MR) is 58.9 cm³/mol. The number of carbonyl (C=O) groups is 1. The van der Waals surface area contributed by atoms with E-state index in [0.29, 0.717) is 25.3 Å². The molecule has 1 aromatic heterocycles. The van der Waals surface area contributed by atoms with Crippen LogP contribution >= 0.6 is 0 Å². The molecule has 1 aromatic rings. The molecule has 17 heavy (non-hydrogen) atoms. The van der Waals surface area contributed by atoms with Gasteiger partial charge in [0.2, 0.25) is 0 Å². The Balaban J connectivity index is 2.67. The van der Waals surface area contributed by atoms with Crippen LogP contribution in [0.1, 0.15) is 29.5 Å². The van der Waals surface area contributed by atoms with E-state index in [1.54, 1.807) is 4.68 Å². The number of aromatic nitrogens is 3. The van der Waals surface area contributed by atoms with Crippen LogP contribution in [0.3, 0.4) is 0 Å². The Kier molecular flexibility index (Phi) is 5.58. The van der Waals surface area contributed by atoms with Gasteiger partial charge in [-0.1, -0.05) is 18.6 Å². The van der Waals surface area contributed by atoms with Crippen molar-refractivity contribution in [3.63, 3.8) is 0 Å². The maximum Gasteiger partial charge on any atom is 0.358 e. The number of carboxylic acid groups (broad SMARTS) is 1. The van der Waals surface area contributed by atoms with Gasteiger partial charge in [-0.25, -0.2) is 9.48 Å². The van der Waals surface area contributed by atoms with Crippen LogP contribution in [0.2, 0.25) is 0 Å². The van der Waals surface area contributed by atoms with Gasteiger partial charge in [-0.3, -0.25) is 0 Å². The summed E-state index contributed by atoms with van der Waals surface area (Å²) in [4.78, 5) is 10.9. The molecule has 0 radical (unpaired) electrons. The minimum Gasteiger partial charge on any atom is -0.476 e. The van der Waals surface area contributed by atoms with Crippen LogP contribution in [-0.4, -0.2) is 51.0 Å². The number of aromatic carboxylic acids is 1. The third kappa shape index (κ3) is 3.79. The van der Waals surface area contributed by atoms with Crippen molar-refractivity contribution in [1.29, 1.82) is 0 Å². The van der Waals surface area contributed by atoms with Crippen molar-refractivity contribution in [2.45, 2.75) is 26.3 Å². The minimum atomic E-state index is -1.06. The maximum atomic E-state index is 10.9. The number of ether oxygens (including phenoxy) is 1. The van der Waals surface area contributed by atoms with Crippen molar-refractivity contribution in [2.75, 3.05) is 19.8 Å². The topological polar surface area (TPSA) is 97.5 Å². The first kappa shape index (κ1) is 13.6. The summed E-state index contributed by atoms with van der Waals surface area (Å²) in [5, 5.41) is 24.9. The summed E-state index contributed by atoms with van der Waals surface area (Å²) >= 11 is 0. The van der Waals surface area contributed by atoms with Gasteiger partial charge < -0.3 is 14.9 Å². The first-order valence-corrected chi connectivity index (χ1v) is 5.55. The van der Waals surface area contributed by atoms with E-state index in [-0.39, 0.29) is 18.9 Å². The third-order valence-electron chi connectivity index (χ3n) is 2.21. The van der Waals surface area contributed by atoms with E-state index in [2.05, 4.69) is 10.3 Å². The number of rotatable bonds is 8. The van der Waals surface area contributed by atoms with Gasteiger partial charge in [0, 0.05) is 0 Å². The highest BCUT2D eigenvalue weighted by atomic mass is 16.5. The highest BCUT2D eigenvalue weighted by Crippen LogP contribution is 2.08. The van der Waals surface area contributed by atoms with Crippen LogP contribution in [0.15, 0.2) is 0 Å². The van der Waals surface area contributed by atoms with Gasteiger partial charge >= 0.3 is 5.97 Å². The Morgan fingerprint density at radius 2 is 2.24 bits per heavy atom. The zero-order chi connectivity index (χ0) is 12.7. The van der Waals surface area contributed by atoms with Gasteiger partial charge in [0.15, 0.2) is 5.69 Å². The molecule has 0 fully saturated rings. The molecule has 0 atom stereocenters. The van der Waals surface area contributed by atoms with Crippen LogP contribution in [-0.2, 0) is 17.7 Å². The molecule has 0 spiro atoms. The summed E-state index contributed by atoms with van der Waals surface area (Å²) in [5.74, 6) is -1.06. The molecule has 1 rings (SSSR count). The Morgan fingerprint density at radius 1 is 1.47 bits per heavy atom. The molecule has 0 unspecified atom stereocenters. The fourth-order valence-corrected chi connectivity index (χ4v) is 1.48. The number of carboxylic acids is 1. The van der Waals surface area contributed by atoms with Gasteiger partial charge in [-0.15, -0.1) is 5.10 Å². The van der Waals surface area contributed by atoms with Gasteiger partial charge in [-0.05, 0) is 6.42 Å². The summed E-state index contributed by atoms with van der Waals surface area (Å²) in [6.07, 6.45) is 1.44. The quantitative estimate of drug-likeness (QED) is 0.621. The Hall–Kier alpha value is -1.47. The van der Waals surface area contributed by atoms with Crippen LogP contribution in [0, 0.1) is 0 Å². The third-order valence-corrected chi connectivity index (χ3v) is 2.21. The molecule has 7 heteroatoms. The molecule has 7 nitrogen and oxygen atoms in total. The Morgan fingerprint density at radius 3 is 2.82 bits per heavy atom. The van der Waals surface area contributed by atoms with E-state index in [4.69, 9.17) is 14.9 Å². The molecule has 96 valence electrons. The summed E-state index contributed by atoms with van der Waals surface area (Å²) in [7, 11) is 0. The number of hydrogen-bond acceptors (Lipinski definition) is 5. The molecule has 0 aliphatic rings. The zero-order valence-electron chi connectivity index (χ0n) is 9.80. The fourth-order valence-electron chi connectivity index (χ4n) is 1.48. The van der Waals surface area contributed by atoms with Crippen molar-refractivity contribution in [3.8, 4) is 0 Å². The van der Waals surface area contributed by atoms with Gasteiger partial charge in [0.25, 0.3) is 0 Å². The van der Waals surface area contributed by atoms with Gasteiger partial charge in [0.05, 0.1) is 32.1 Å². The summed E-state index contributed by atoms with van der Waals surface area (Å²) in [6, 6.07) is 0. The molecule has 0 aromatic carbocycles. The highest BCUT2D eigenvalue weighted by molar-refractivity contribution is 5.86. The second-order valence-electron chi connectivity index (χ2n) is 3.50. The first-order valence-electron chi connectivity index (χ1n) is 5.55. The number of hydrogen-bond donors (Lipinski definition) is 2. The van der Waals surface area contributed by atoms with Crippen molar-refractivity contribution < 1.29 is 19.7 Å². The molecule has 0 saturated heterocycles. The molecule has 0 saturated carbocycles. The average Bonchev–Trinajstić information content (AvgIpc) is 2.69. The second kappa shape index (κ2) is 6.97. The summed E-state index contributed by atoms with van der Waals surface area (Å²) < 4.78 is 6.65. The van der Waals surface area contributed by atoms with E-state index in [1.165, 1.54) is 0 Å². The summed E-state index contributed by atoms with van der Waals surface area (Å²) in [6.45, 7) is 3.02. The molecule has 0 aliphatic carbocycles. The second-order valence-corrected chi connectivity index (χ2v) is 3.50. The average molecular weight is 243 g/mol.